The Kier molecular flexibility index (Phi) is 3.91. The van der Waals surface area contributed by atoms with Gasteiger partial charge in [0.25, 0.3) is 0 Å². The summed E-state index contributed by atoms with van der Waals surface area (Å²) in [6.07, 6.45) is 0. The molecule has 2 aromatic rings. The minimum Gasteiger partial charge on any atom is -0.480 e. The van der Waals surface area contributed by atoms with E-state index in [0.29, 0.717) is 5.89 Å². The van der Waals surface area contributed by atoms with Crippen molar-refractivity contribution in [1.82, 2.24) is 10.2 Å². The van der Waals surface area contributed by atoms with E-state index in [1.54, 1.807) is 0 Å². The molecule has 1 aromatic heterocycles. The molecule has 2 rings (SSSR count). The van der Waals surface area contributed by atoms with Crippen LogP contribution in [0.2, 0.25) is 0 Å². The number of carboxylic acids is 1. The smallest absolute Gasteiger partial charge is 0.329 e. The van der Waals surface area contributed by atoms with Crippen molar-refractivity contribution in [1.29, 1.82) is 0 Å². The number of rotatable bonds is 5. The van der Waals surface area contributed by atoms with Crippen LogP contribution in [0.1, 0.15) is 17.0 Å². The highest BCUT2D eigenvalue weighted by atomic mass is 16.5. The lowest BCUT2D eigenvalue weighted by atomic mass is 10.1. The highest BCUT2D eigenvalue weighted by molar-refractivity contribution is 5.68. The van der Waals surface area contributed by atoms with Gasteiger partial charge in [-0.3, -0.25) is 0 Å². The minimum atomic E-state index is -1.03. The summed E-state index contributed by atoms with van der Waals surface area (Å²) in [6, 6.07) is 5.95. The molecule has 0 saturated heterocycles. The monoisotopic (exact) mass is 262 g/mol. The number of aliphatic carboxylic acids is 1. The molecule has 0 radical (unpaired) electrons. The molecular formula is C13H14N2O4. The van der Waals surface area contributed by atoms with Gasteiger partial charge in [-0.2, -0.15) is 0 Å². The van der Waals surface area contributed by atoms with E-state index in [2.05, 4.69) is 10.2 Å². The maximum Gasteiger partial charge on any atom is 0.329 e. The number of aryl methyl sites for hydroxylation is 2. The number of hydrogen-bond donors (Lipinski definition) is 1. The van der Waals surface area contributed by atoms with Crippen LogP contribution in [-0.2, 0) is 16.1 Å². The third kappa shape index (κ3) is 3.38. The first-order chi connectivity index (χ1) is 9.06. The second-order valence-corrected chi connectivity index (χ2v) is 4.21. The topological polar surface area (TPSA) is 85.5 Å². The van der Waals surface area contributed by atoms with E-state index < -0.39 is 5.97 Å². The first kappa shape index (κ1) is 13.2. The summed E-state index contributed by atoms with van der Waals surface area (Å²) in [7, 11) is 0. The highest BCUT2D eigenvalue weighted by Crippen LogP contribution is 2.23. The number of benzene rings is 1. The van der Waals surface area contributed by atoms with Crippen molar-refractivity contribution in [2.24, 2.45) is 0 Å². The highest BCUT2D eigenvalue weighted by Gasteiger charge is 2.11. The van der Waals surface area contributed by atoms with Gasteiger partial charge in [0.15, 0.2) is 0 Å². The molecule has 6 nitrogen and oxygen atoms in total. The van der Waals surface area contributed by atoms with Crippen molar-refractivity contribution in [2.45, 2.75) is 20.5 Å². The van der Waals surface area contributed by atoms with Gasteiger partial charge in [0.1, 0.15) is 13.2 Å². The van der Waals surface area contributed by atoms with E-state index >= 15 is 0 Å². The third-order valence-corrected chi connectivity index (χ3v) is 2.54. The molecule has 0 aliphatic carbocycles. The molecule has 1 aromatic carbocycles. The molecule has 1 N–H and O–H groups in total. The standard InChI is InChI=1S/C13H14N2O4/c1-8-3-4-9(2)10(5-8)13-15-14-11(19-13)6-18-7-12(16)17/h3-5H,6-7H2,1-2H3,(H,16,17). The first-order valence-corrected chi connectivity index (χ1v) is 5.76. The van der Waals surface area contributed by atoms with Crippen molar-refractivity contribution in [3.63, 3.8) is 0 Å². The van der Waals surface area contributed by atoms with E-state index in [1.165, 1.54) is 0 Å². The molecule has 0 aliphatic rings. The van der Waals surface area contributed by atoms with Gasteiger partial charge < -0.3 is 14.3 Å². The van der Waals surface area contributed by atoms with Crippen molar-refractivity contribution in [3.8, 4) is 11.5 Å². The summed E-state index contributed by atoms with van der Waals surface area (Å²) in [4.78, 5) is 10.3. The summed E-state index contributed by atoms with van der Waals surface area (Å²) in [5.41, 5.74) is 3.01. The van der Waals surface area contributed by atoms with Crippen LogP contribution in [0, 0.1) is 13.8 Å². The van der Waals surface area contributed by atoms with Gasteiger partial charge in [-0.05, 0) is 25.5 Å². The fourth-order valence-electron chi connectivity index (χ4n) is 1.61. The average molecular weight is 262 g/mol. The molecule has 0 amide bonds. The van der Waals surface area contributed by atoms with Crippen LogP contribution in [-0.4, -0.2) is 27.9 Å². The zero-order valence-electron chi connectivity index (χ0n) is 10.7. The van der Waals surface area contributed by atoms with Gasteiger partial charge in [0, 0.05) is 5.56 Å². The fraction of sp³-hybridized carbons (Fsp3) is 0.308. The Hall–Kier alpha value is -2.21. The number of ether oxygens (including phenoxy) is 1. The Balaban J connectivity index is 2.12. The quantitative estimate of drug-likeness (QED) is 0.886. The average Bonchev–Trinajstić information content (AvgIpc) is 2.80. The Bertz CT molecular complexity index is 592. The number of hydrogen-bond acceptors (Lipinski definition) is 5. The van der Waals surface area contributed by atoms with Gasteiger partial charge in [-0.15, -0.1) is 10.2 Å². The summed E-state index contributed by atoms with van der Waals surface area (Å²) in [5.74, 6) is -0.360. The Morgan fingerprint density at radius 1 is 1.37 bits per heavy atom. The van der Waals surface area contributed by atoms with Crippen LogP contribution in [0.25, 0.3) is 11.5 Å². The molecule has 0 saturated carbocycles. The molecule has 100 valence electrons. The van der Waals surface area contributed by atoms with Crippen molar-refractivity contribution >= 4 is 5.97 Å². The normalized spacial score (nSPS) is 10.6. The molecule has 6 heteroatoms. The second-order valence-electron chi connectivity index (χ2n) is 4.21. The van der Waals surface area contributed by atoms with Crippen LogP contribution in [0.5, 0.6) is 0 Å². The van der Waals surface area contributed by atoms with E-state index in [0.717, 1.165) is 16.7 Å². The summed E-state index contributed by atoms with van der Waals surface area (Å²) in [6.45, 7) is 3.54. The van der Waals surface area contributed by atoms with E-state index in [1.807, 2.05) is 32.0 Å². The van der Waals surface area contributed by atoms with Crippen LogP contribution in [0.15, 0.2) is 22.6 Å². The van der Waals surface area contributed by atoms with Crippen LogP contribution in [0.4, 0.5) is 0 Å². The zero-order chi connectivity index (χ0) is 13.8. The lowest BCUT2D eigenvalue weighted by Gasteiger charge is -2.01. The summed E-state index contributed by atoms with van der Waals surface area (Å²) < 4.78 is 10.3. The Labute approximate surface area is 110 Å². The van der Waals surface area contributed by atoms with Gasteiger partial charge in [0.05, 0.1) is 0 Å². The van der Waals surface area contributed by atoms with Crippen molar-refractivity contribution < 1.29 is 19.1 Å². The lowest BCUT2D eigenvalue weighted by molar-refractivity contribution is -0.142. The van der Waals surface area contributed by atoms with Gasteiger partial charge in [-0.1, -0.05) is 17.7 Å². The maximum absolute atomic E-state index is 10.3. The lowest BCUT2D eigenvalue weighted by Crippen LogP contribution is -2.06. The van der Waals surface area contributed by atoms with Gasteiger partial charge in [-0.25, -0.2) is 4.79 Å². The number of carbonyl (C=O) groups is 1. The van der Waals surface area contributed by atoms with E-state index in [9.17, 15) is 4.79 Å². The van der Waals surface area contributed by atoms with E-state index in [-0.39, 0.29) is 19.1 Å². The molecular weight excluding hydrogens is 248 g/mol. The molecule has 0 spiro atoms. The van der Waals surface area contributed by atoms with Gasteiger partial charge >= 0.3 is 5.97 Å². The molecule has 19 heavy (non-hydrogen) atoms. The SMILES string of the molecule is Cc1ccc(C)c(-c2nnc(COCC(=O)O)o2)c1. The summed E-state index contributed by atoms with van der Waals surface area (Å²) >= 11 is 0. The largest absolute Gasteiger partial charge is 0.480 e. The maximum atomic E-state index is 10.3. The third-order valence-electron chi connectivity index (χ3n) is 2.54. The Morgan fingerprint density at radius 2 is 2.16 bits per heavy atom. The summed E-state index contributed by atoms with van der Waals surface area (Å²) in [5, 5.41) is 16.2. The predicted molar refractivity (Wildman–Crippen MR) is 66.5 cm³/mol. The number of carboxylic acid groups (broad SMARTS) is 1. The molecule has 1 heterocycles. The second kappa shape index (κ2) is 5.62. The number of nitrogens with zero attached hydrogens (tertiary/aromatic N) is 2. The van der Waals surface area contributed by atoms with Crippen molar-refractivity contribution in [2.75, 3.05) is 6.61 Å². The molecule has 0 aliphatic heterocycles. The van der Waals surface area contributed by atoms with Crippen LogP contribution >= 0.6 is 0 Å². The van der Waals surface area contributed by atoms with Crippen molar-refractivity contribution in [3.05, 3.63) is 35.2 Å². The Morgan fingerprint density at radius 3 is 2.89 bits per heavy atom. The van der Waals surface area contributed by atoms with Gasteiger partial charge in [0.2, 0.25) is 11.8 Å². The first-order valence-electron chi connectivity index (χ1n) is 5.76. The van der Waals surface area contributed by atoms with E-state index in [4.69, 9.17) is 14.3 Å². The molecule has 0 atom stereocenters. The molecule has 0 bridgehead atoms. The van der Waals surface area contributed by atoms with Crippen LogP contribution in [0.3, 0.4) is 0 Å². The fourth-order valence-corrected chi connectivity index (χ4v) is 1.61. The zero-order valence-corrected chi connectivity index (χ0v) is 10.7. The minimum absolute atomic E-state index is 0.00976. The predicted octanol–water partition coefficient (Wildman–Crippen LogP) is 1.95. The molecule has 0 unspecified atom stereocenters. The van der Waals surface area contributed by atoms with Crippen LogP contribution < -0.4 is 0 Å². The number of aromatic nitrogens is 2. The molecule has 0 fully saturated rings.